The van der Waals surface area contributed by atoms with Crippen molar-refractivity contribution in [1.82, 2.24) is 19.7 Å². The summed E-state index contributed by atoms with van der Waals surface area (Å²) < 4.78 is 7.15. The molecule has 25 heavy (non-hydrogen) atoms. The third-order valence-corrected chi connectivity index (χ3v) is 5.72. The van der Waals surface area contributed by atoms with E-state index in [9.17, 15) is 9.90 Å². The molecule has 2 aromatic rings. The molecule has 0 radical (unpaired) electrons. The topological polar surface area (TPSA) is 80.5 Å². The van der Waals surface area contributed by atoms with Crippen LogP contribution < -0.4 is 0 Å². The molecule has 1 amide bonds. The first-order chi connectivity index (χ1) is 12.2. The maximum Gasteiger partial charge on any atom is 0.244 e. The van der Waals surface area contributed by atoms with Gasteiger partial charge in [0, 0.05) is 31.3 Å². The molecule has 4 rings (SSSR count). The van der Waals surface area contributed by atoms with E-state index in [1.165, 1.54) is 0 Å². The Bertz CT molecular complexity index is 754. The number of amides is 1. The zero-order chi connectivity index (χ0) is 17.3. The molecule has 1 N–H and O–H groups in total. The predicted molar refractivity (Wildman–Crippen MR) is 91.8 cm³/mol. The van der Waals surface area contributed by atoms with Gasteiger partial charge in [0.05, 0.1) is 18.8 Å². The lowest BCUT2D eigenvalue weighted by Gasteiger charge is -2.48. The van der Waals surface area contributed by atoms with E-state index in [1.807, 2.05) is 17.0 Å². The number of aliphatic hydroxyl groups is 1. The monoisotopic (exact) mass is 344 g/mol. The van der Waals surface area contributed by atoms with Crippen LogP contribution in [0.2, 0.25) is 0 Å². The van der Waals surface area contributed by atoms with Crippen molar-refractivity contribution < 1.29 is 14.6 Å². The quantitative estimate of drug-likeness (QED) is 0.905. The molecule has 4 heterocycles. The first kappa shape index (κ1) is 16.5. The molecule has 1 spiro atoms. The zero-order valence-corrected chi connectivity index (χ0v) is 14.3. The van der Waals surface area contributed by atoms with Crippen LogP contribution in [0, 0.1) is 5.41 Å². The second-order valence-electron chi connectivity index (χ2n) is 7.23. The van der Waals surface area contributed by atoms with Crippen molar-refractivity contribution in [2.75, 3.05) is 26.4 Å². The Morgan fingerprint density at radius 2 is 2.20 bits per heavy atom. The average molecular weight is 344 g/mol. The largest absolute Gasteiger partial charge is 0.394 e. The van der Waals surface area contributed by atoms with Gasteiger partial charge in [-0.25, -0.2) is 9.67 Å². The number of aliphatic hydroxyl groups excluding tert-OH is 1. The fourth-order valence-electron chi connectivity index (χ4n) is 4.14. The Kier molecular flexibility index (Phi) is 4.43. The maximum atomic E-state index is 13.0. The Hall–Kier alpha value is -1.99. The van der Waals surface area contributed by atoms with E-state index in [0.717, 1.165) is 44.3 Å². The number of likely N-dealkylation sites (tertiary alicyclic amines) is 1. The summed E-state index contributed by atoms with van der Waals surface area (Å²) in [5.74, 6) is 0.000250. The van der Waals surface area contributed by atoms with Crippen molar-refractivity contribution in [2.24, 2.45) is 5.41 Å². The standard InChI is InChI=1S/C18H24N4O3/c23-12-15-3-4-18(5-8-25-9-6-18)13-21(15)16(24)11-22-17-14(10-20-22)2-1-7-19-17/h1-2,7,10,15,23H,3-6,8-9,11-13H2. The number of hydrogen-bond acceptors (Lipinski definition) is 5. The molecular formula is C18H24N4O3. The van der Waals surface area contributed by atoms with E-state index in [-0.39, 0.29) is 30.5 Å². The summed E-state index contributed by atoms with van der Waals surface area (Å²) in [7, 11) is 0. The predicted octanol–water partition coefficient (Wildman–Crippen LogP) is 1.21. The molecule has 7 nitrogen and oxygen atoms in total. The normalized spacial score (nSPS) is 23.2. The van der Waals surface area contributed by atoms with Crippen LogP contribution in [0.15, 0.2) is 24.5 Å². The molecule has 2 aromatic heterocycles. The van der Waals surface area contributed by atoms with Crippen molar-refractivity contribution >= 4 is 16.9 Å². The van der Waals surface area contributed by atoms with Gasteiger partial charge in [0.1, 0.15) is 6.54 Å². The number of nitrogens with zero attached hydrogens (tertiary/aromatic N) is 4. The van der Waals surface area contributed by atoms with Gasteiger partial charge in [-0.05, 0) is 43.2 Å². The number of carbonyl (C=O) groups is 1. The molecule has 0 aromatic carbocycles. The third-order valence-electron chi connectivity index (χ3n) is 5.72. The number of ether oxygens (including phenoxy) is 1. The van der Waals surface area contributed by atoms with Crippen molar-refractivity contribution in [3.8, 4) is 0 Å². The number of fused-ring (bicyclic) bond motifs is 1. The highest BCUT2D eigenvalue weighted by Crippen LogP contribution is 2.41. The first-order valence-corrected chi connectivity index (χ1v) is 8.95. The van der Waals surface area contributed by atoms with Gasteiger partial charge in [0.25, 0.3) is 0 Å². The van der Waals surface area contributed by atoms with E-state index < -0.39 is 0 Å². The summed E-state index contributed by atoms with van der Waals surface area (Å²) in [5.41, 5.74) is 0.860. The van der Waals surface area contributed by atoms with Gasteiger partial charge >= 0.3 is 0 Å². The minimum Gasteiger partial charge on any atom is -0.394 e. The molecule has 134 valence electrons. The van der Waals surface area contributed by atoms with Crippen LogP contribution in [0.5, 0.6) is 0 Å². The van der Waals surface area contributed by atoms with E-state index >= 15 is 0 Å². The molecule has 2 saturated heterocycles. The SMILES string of the molecule is O=C(Cn1ncc2cccnc21)N1CC2(CCOCC2)CCC1CO. The summed E-state index contributed by atoms with van der Waals surface area (Å²) in [6.07, 6.45) is 7.31. The molecule has 1 atom stereocenters. The lowest BCUT2D eigenvalue weighted by Crippen LogP contribution is -2.55. The van der Waals surface area contributed by atoms with Crippen molar-refractivity contribution in [3.05, 3.63) is 24.5 Å². The van der Waals surface area contributed by atoms with Gasteiger partial charge in [0.2, 0.25) is 5.91 Å². The number of rotatable bonds is 3. The summed E-state index contributed by atoms with van der Waals surface area (Å²) in [6.45, 7) is 2.39. The summed E-state index contributed by atoms with van der Waals surface area (Å²) in [6, 6.07) is 3.69. The minimum atomic E-state index is -0.101. The lowest BCUT2D eigenvalue weighted by molar-refractivity contribution is -0.143. The molecule has 0 saturated carbocycles. The Morgan fingerprint density at radius 1 is 1.36 bits per heavy atom. The van der Waals surface area contributed by atoms with Crippen LogP contribution in [0.25, 0.3) is 11.0 Å². The second-order valence-corrected chi connectivity index (χ2v) is 7.23. The lowest BCUT2D eigenvalue weighted by atomic mass is 9.72. The smallest absolute Gasteiger partial charge is 0.244 e. The van der Waals surface area contributed by atoms with E-state index in [0.29, 0.717) is 12.2 Å². The number of hydrogen-bond donors (Lipinski definition) is 1. The molecule has 0 aliphatic carbocycles. The Balaban J connectivity index is 1.54. The molecule has 2 fully saturated rings. The summed E-state index contributed by atoms with van der Waals surface area (Å²) in [4.78, 5) is 19.2. The minimum absolute atomic E-state index is 0.000250. The molecule has 1 unspecified atom stereocenters. The van der Waals surface area contributed by atoms with Gasteiger partial charge in [-0.3, -0.25) is 4.79 Å². The van der Waals surface area contributed by atoms with Crippen molar-refractivity contribution in [2.45, 2.75) is 38.3 Å². The molecule has 2 aliphatic rings. The van der Waals surface area contributed by atoms with Crippen LogP contribution in [0.4, 0.5) is 0 Å². The fraction of sp³-hybridized carbons (Fsp3) is 0.611. The molecule has 7 heteroatoms. The highest BCUT2D eigenvalue weighted by Gasteiger charge is 2.42. The third kappa shape index (κ3) is 3.14. The molecule has 2 aliphatic heterocycles. The van der Waals surface area contributed by atoms with Crippen LogP contribution >= 0.6 is 0 Å². The number of carbonyl (C=O) groups excluding carboxylic acids is 1. The van der Waals surface area contributed by atoms with E-state index in [2.05, 4.69) is 10.1 Å². The number of piperidine rings is 1. The average Bonchev–Trinajstić information content (AvgIpc) is 3.05. The van der Waals surface area contributed by atoms with Gasteiger partial charge in [-0.2, -0.15) is 5.10 Å². The highest BCUT2D eigenvalue weighted by molar-refractivity contribution is 5.80. The number of pyridine rings is 1. The van der Waals surface area contributed by atoms with Gasteiger partial charge in [0.15, 0.2) is 5.65 Å². The Labute approximate surface area is 146 Å². The van der Waals surface area contributed by atoms with Crippen LogP contribution in [-0.2, 0) is 16.1 Å². The van der Waals surface area contributed by atoms with Gasteiger partial charge in [-0.1, -0.05) is 0 Å². The van der Waals surface area contributed by atoms with Gasteiger partial charge < -0.3 is 14.7 Å². The van der Waals surface area contributed by atoms with Gasteiger partial charge in [-0.15, -0.1) is 0 Å². The summed E-state index contributed by atoms with van der Waals surface area (Å²) >= 11 is 0. The van der Waals surface area contributed by atoms with E-state index in [1.54, 1.807) is 17.1 Å². The second kappa shape index (κ2) is 6.72. The maximum absolute atomic E-state index is 13.0. The molecular weight excluding hydrogens is 320 g/mol. The highest BCUT2D eigenvalue weighted by atomic mass is 16.5. The molecule has 0 bridgehead atoms. The first-order valence-electron chi connectivity index (χ1n) is 8.95. The summed E-state index contributed by atoms with van der Waals surface area (Å²) in [5, 5.41) is 15.0. The van der Waals surface area contributed by atoms with Crippen LogP contribution in [0.3, 0.4) is 0 Å². The van der Waals surface area contributed by atoms with Crippen LogP contribution in [0.1, 0.15) is 25.7 Å². The van der Waals surface area contributed by atoms with Crippen molar-refractivity contribution in [1.29, 1.82) is 0 Å². The van der Waals surface area contributed by atoms with E-state index in [4.69, 9.17) is 4.74 Å². The fourth-order valence-corrected chi connectivity index (χ4v) is 4.14. The van der Waals surface area contributed by atoms with Crippen LogP contribution in [-0.4, -0.2) is 63.1 Å². The van der Waals surface area contributed by atoms with Crippen molar-refractivity contribution in [3.63, 3.8) is 0 Å². The number of aromatic nitrogens is 3. The zero-order valence-electron chi connectivity index (χ0n) is 14.3. The Morgan fingerprint density at radius 3 is 3.00 bits per heavy atom.